The normalized spacial score (nSPS) is 25.4. The maximum Gasteiger partial charge on any atom is 0.132 e. The minimum Gasteiger partial charge on any atom is -0.379 e. The summed E-state index contributed by atoms with van der Waals surface area (Å²) in [6.07, 6.45) is 7.65. The van der Waals surface area contributed by atoms with Crippen LogP contribution in [-0.2, 0) is 14.9 Å². The summed E-state index contributed by atoms with van der Waals surface area (Å²) in [6, 6.07) is 2.15. The summed E-state index contributed by atoms with van der Waals surface area (Å²) in [5, 5.41) is 0. The Morgan fingerprint density at radius 1 is 1.31 bits per heavy atom. The van der Waals surface area contributed by atoms with Crippen LogP contribution in [0.3, 0.4) is 0 Å². The van der Waals surface area contributed by atoms with E-state index in [-0.39, 0.29) is 5.41 Å². The lowest BCUT2D eigenvalue weighted by Crippen LogP contribution is -2.53. The molecule has 1 aromatic rings. The first kappa shape index (κ1) is 10.1. The Morgan fingerprint density at radius 3 is 2.56 bits per heavy atom. The Labute approximate surface area is 95.2 Å². The predicted molar refractivity (Wildman–Crippen MR) is 60.3 cm³/mol. The summed E-state index contributed by atoms with van der Waals surface area (Å²) < 4.78 is 5.44. The molecule has 0 unspecified atom stereocenters. The first-order valence-corrected chi connectivity index (χ1v) is 6.04. The minimum absolute atomic E-state index is 0.195. The van der Waals surface area contributed by atoms with Crippen LogP contribution in [0.4, 0.5) is 0 Å². The Kier molecular flexibility index (Phi) is 2.36. The molecule has 0 amide bonds. The van der Waals surface area contributed by atoms with Gasteiger partial charge in [-0.1, -0.05) is 0 Å². The molecule has 1 aromatic heterocycles. The van der Waals surface area contributed by atoms with Gasteiger partial charge in [-0.15, -0.1) is 0 Å². The molecule has 3 heteroatoms. The molecule has 0 radical (unpaired) electrons. The van der Waals surface area contributed by atoms with Crippen molar-refractivity contribution in [1.29, 1.82) is 0 Å². The van der Waals surface area contributed by atoms with Gasteiger partial charge in [0, 0.05) is 30.7 Å². The van der Waals surface area contributed by atoms with Crippen molar-refractivity contribution < 1.29 is 9.53 Å². The highest BCUT2D eigenvalue weighted by Gasteiger charge is 2.47. The first-order chi connectivity index (χ1) is 7.81. The zero-order valence-electron chi connectivity index (χ0n) is 9.37. The molecule has 0 bridgehead atoms. The number of hydrogen-bond donors (Lipinski definition) is 1. The van der Waals surface area contributed by atoms with Gasteiger partial charge < -0.3 is 9.72 Å². The van der Waals surface area contributed by atoms with Crippen LogP contribution in [0.2, 0.25) is 0 Å². The number of rotatable bonds is 2. The van der Waals surface area contributed by atoms with Crippen molar-refractivity contribution in [3.63, 3.8) is 0 Å². The van der Waals surface area contributed by atoms with E-state index < -0.39 is 0 Å². The van der Waals surface area contributed by atoms with Crippen molar-refractivity contribution in [2.24, 2.45) is 5.92 Å². The van der Waals surface area contributed by atoms with E-state index in [1.165, 1.54) is 5.56 Å². The molecule has 1 N–H and O–H groups in total. The average Bonchev–Trinajstić information content (AvgIpc) is 2.73. The van der Waals surface area contributed by atoms with E-state index >= 15 is 0 Å². The molecular weight excluding hydrogens is 202 g/mol. The summed E-state index contributed by atoms with van der Waals surface area (Å²) in [4.78, 5) is 14.4. The van der Waals surface area contributed by atoms with Gasteiger partial charge in [0.15, 0.2) is 0 Å². The molecule has 1 aliphatic carbocycles. The summed E-state index contributed by atoms with van der Waals surface area (Å²) >= 11 is 0. The second-order valence-corrected chi connectivity index (χ2v) is 5.06. The summed E-state index contributed by atoms with van der Waals surface area (Å²) in [6.45, 7) is 1.65. The highest BCUT2D eigenvalue weighted by atomic mass is 16.5. The van der Waals surface area contributed by atoms with Gasteiger partial charge in [0.25, 0.3) is 0 Å². The number of hydrogen-bond acceptors (Lipinski definition) is 2. The number of nitrogens with one attached hydrogen (secondary N) is 1. The van der Waals surface area contributed by atoms with E-state index in [9.17, 15) is 4.79 Å². The molecule has 3 rings (SSSR count). The molecule has 2 aliphatic rings. The van der Waals surface area contributed by atoms with Crippen molar-refractivity contribution in [1.82, 2.24) is 4.98 Å². The second kappa shape index (κ2) is 3.74. The van der Waals surface area contributed by atoms with Gasteiger partial charge >= 0.3 is 0 Å². The highest BCUT2D eigenvalue weighted by Crippen LogP contribution is 2.45. The van der Waals surface area contributed by atoms with Crippen LogP contribution in [0.1, 0.15) is 31.2 Å². The largest absolute Gasteiger partial charge is 0.379 e. The summed E-state index contributed by atoms with van der Waals surface area (Å²) in [7, 11) is 0. The number of aromatic nitrogens is 1. The summed E-state index contributed by atoms with van der Waals surface area (Å²) in [5.74, 6) is 1.05. The lowest BCUT2D eigenvalue weighted by Gasteiger charge is -2.48. The predicted octanol–water partition coefficient (Wildman–Crippen LogP) is 2.04. The van der Waals surface area contributed by atoms with Crippen molar-refractivity contribution in [3.05, 3.63) is 24.0 Å². The number of carbonyl (C=O) groups is 1. The molecule has 0 atom stereocenters. The maximum atomic E-state index is 11.3. The lowest BCUT2D eigenvalue weighted by atomic mass is 9.64. The highest BCUT2D eigenvalue weighted by molar-refractivity contribution is 5.79. The Balaban J connectivity index is 1.83. The monoisotopic (exact) mass is 219 g/mol. The topological polar surface area (TPSA) is 42.1 Å². The van der Waals surface area contributed by atoms with Crippen molar-refractivity contribution >= 4 is 5.78 Å². The Morgan fingerprint density at radius 2 is 2.06 bits per heavy atom. The standard InChI is InChI=1S/C13H17NO2/c15-12-3-1-10(2-4-12)13(8-16-9-13)11-5-6-14-7-11/h5-7,10,14H,1-4,8-9H2. The van der Waals surface area contributed by atoms with Crippen LogP contribution < -0.4 is 0 Å². The lowest BCUT2D eigenvalue weighted by molar-refractivity contribution is -0.127. The fourth-order valence-electron chi connectivity index (χ4n) is 3.09. The van der Waals surface area contributed by atoms with Crippen LogP contribution in [0.25, 0.3) is 0 Å². The number of ketones is 1. The van der Waals surface area contributed by atoms with E-state index in [0.717, 1.165) is 38.9 Å². The molecule has 2 heterocycles. The number of carbonyl (C=O) groups excluding carboxylic acids is 1. The molecule has 1 saturated carbocycles. The fourth-order valence-corrected chi connectivity index (χ4v) is 3.09. The van der Waals surface area contributed by atoms with Gasteiger partial charge in [-0.25, -0.2) is 0 Å². The number of ether oxygens (including phenoxy) is 1. The summed E-state index contributed by atoms with van der Waals surface area (Å²) in [5.41, 5.74) is 1.55. The maximum absolute atomic E-state index is 11.3. The number of aromatic amines is 1. The molecule has 86 valence electrons. The quantitative estimate of drug-likeness (QED) is 0.827. The zero-order chi connectivity index (χ0) is 11.0. The molecule has 2 fully saturated rings. The van der Waals surface area contributed by atoms with E-state index in [1.54, 1.807) is 0 Å². The smallest absolute Gasteiger partial charge is 0.132 e. The van der Waals surface area contributed by atoms with Gasteiger partial charge in [0.05, 0.1) is 13.2 Å². The van der Waals surface area contributed by atoms with Gasteiger partial charge in [-0.2, -0.15) is 0 Å². The third-order valence-electron chi connectivity index (χ3n) is 4.22. The third-order valence-corrected chi connectivity index (χ3v) is 4.22. The molecule has 0 aromatic carbocycles. The molecule has 0 spiro atoms. The van der Waals surface area contributed by atoms with Gasteiger partial charge in [0.1, 0.15) is 5.78 Å². The van der Waals surface area contributed by atoms with Gasteiger partial charge in [-0.3, -0.25) is 4.79 Å². The Bertz CT molecular complexity index is 369. The van der Waals surface area contributed by atoms with Crippen LogP contribution >= 0.6 is 0 Å². The van der Waals surface area contributed by atoms with Gasteiger partial charge in [0.2, 0.25) is 0 Å². The SMILES string of the molecule is O=C1CCC(C2(c3cc[nH]c3)COC2)CC1. The molecule has 1 aliphatic heterocycles. The first-order valence-electron chi connectivity index (χ1n) is 6.04. The zero-order valence-corrected chi connectivity index (χ0v) is 9.37. The van der Waals surface area contributed by atoms with Crippen molar-refractivity contribution in [2.45, 2.75) is 31.1 Å². The molecule has 1 saturated heterocycles. The Hall–Kier alpha value is -1.09. The van der Waals surface area contributed by atoms with Crippen LogP contribution in [0.5, 0.6) is 0 Å². The molecular formula is C13H17NO2. The minimum atomic E-state index is 0.195. The van der Waals surface area contributed by atoms with Crippen LogP contribution in [0.15, 0.2) is 18.5 Å². The van der Waals surface area contributed by atoms with Crippen LogP contribution in [0, 0.1) is 5.92 Å². The molecule has 3 nitrogen and oxygen atoms in total. The van der Waals surface area contributed by atoms with Crippen molar-refractivity contribution in [3.8, 4) is 0 Å². The second-order valence-electron chi connectivity index (χ2n) is 5.06. The number of H-pyrrole nitrogens is 1. The third kappa shape index (κ3) is 1.42. The van der Waals surface area contributed by atoms with Crippen molar-refractivity contribution in [2.75, 3.05) is 13.2 Å². The van der Waals surface area contributed by atoms with E-state index in [4.69, 9.17) is 4.74 Å². The van der Waals surface area contributed by atoms with E-state index in [0.29, 0.717) is 11.7 Å². The van der Waals surface area contributed by atoms with Crippen LogP contribution in [-0.4, -0.2) is 24.0 Å². The average molecular weight is 219 g/mol. The fraction of sp³-hybridized carbons (Fsp3) is 0.615. The number of Topliss-reactive ketones (excluding diaryl/α,β-unsaturated/α-hetero) is 1. The van der Waals surface area contributed by atoms with E-state index in [2.05, 4.69) is 17.2 Å². The molecule has 16 heavy (non-hydrogen) atoms. The van der Waals surface area contributed by atoms with Gasteiger partial charge in [-0.05, 0) is 30.4 Å². The van der Waals surface area contributed by atoms with E-state index in [1.807, 2.05) is 6.20 Å².